The third-order valence-corrected chi connectivity index (χ3v) is 5.46. The zero-order valence-electron chi connectivity index (χ0n) is 16.0. The third-order valence-electron chi connectivity index (χ3n) is 5.46. The molecule has 1 aliphatic heterocycles. The van der Waals surface area contributed by atoms with E-state index in [2.05, 4.69) is 9.97 Å². The molecule has 2 amide bonds. The predicted molar refractivity (Wildman–Crippen MR) is 104 cm³/mol. The molecule has 1 aromatic heterocycles. The summed E-state index contributed by atoms with van der Waals surface area (Å²) >= 11 is 0. The van der Waals surface area contributed by atoms with Crippen molar-refractivity contribution in [2.24, 2.45) is 11.8 Å². The Kier molecular flexibility index (Phi) is 5.00. The molecule has 0 radical (unpaired) electrons. The summed E-state index contributed by atoms with van der Waals surface area (Å²) in [7, 11) is 0. The van der Waals surface area contributed by atoms with E-state index in [-0.39, 0.29) is 48.0 Å². The van der Waals surface area contributed by atoms with Crippen LogP contribution in [0.25, 0.3) is 10.9 Å². The Hall–Kier alpha value is -3.29. The zero-order chi connectivity index (χ0) is 20.5. The second kappa shape index (κ2) is 7.62. The molecule has 1 aromatic carbocycles. The maximum Gasteiger partial charge on any atom is 0.308 e. The van der Waals surface area contributed by atoms with Crippen molar-refractivity contribution in [1.82, 2.24) is 14.9 Å². The first kappa shape index (κ1) is 19.0. The monoisotopic (exact) mass is 395 g/mol. The number of amides is 2. The maximum absolute atomic E-state index is 12.4. The fraction of sp³-hybridized carbons (Fsp3) is 0.381. The quantitative estimate of drug-likeness (QED) is 0.470. The highest BCUT2D eigenvalue weighted by Gasteiger charge is 2.46. The molecule has 1 aliphatic carbocycles. The molecule has 2 aromatic rings. The van der Waals surface area contributed by atoms with Gasteiger partial charge in [0.1, 0.15) is 0 Å². The van der Waals surface area contributed by atoms with Crippen molar-refractivity contribution in [3.8, 4) is 0 Å². The van der Waals surface area contributed by atoms with Crippen molar-refractivity contribution in [3.63, 3.8) is 0 Å². The standard InChI is InChI=1S/C21H21N3O5/c1-12(18-22-16-9-5-4-8-15(16)19(26)23-18)29-17(25)10-11-24-20(27)13-6-2-3-7-14(13)21(24)28/h2-5,8-9,12-14H,6-7,10-11H2,1H3,(H,22,23,26). The number of nitrogens with one attached hydrogen (secondary N) is 1. The predicted octanol–water partition coefficient (Wildman–Crippen LogP) is 1.87. The van der Waals surface area contributed by atoms with Crippen molar-refractivity contribution in [3.05, 3.63) is 52.6 Å². The Morgan fingerprint density at radius 1 is 1.17 bits per heavy atom. The van der Waals surface area contributed by atoms with E-state index in [1.54, 1.807) is 31.2 Å². The van der Waals surface area contributed by atoms with Gasteiger partial charge in [-0.2, -0.15) is 0 Å². The van der Waals surface area contributed by atoms with Gasteiger partial charge in [-0.15, -0.1) is 0 Å². The molecule has 0 bridgehead atoms. The van der Waals surface area contributed by atoms with Gasteiger partial charge in [-0.05, 0) is 31.9 Å². The number of rotatable bonds is 5. The van der Waals surface area contributed by atoms with Crippen molar-refractivity contribution in [2.45, 2.75) is 32.3 Å². The lowest BCUT2D eigenvalue weighted by molar-refractivity contribution is -0.150. The molecule has 0 spiro atoms. The lowest BCUT2D eigenvalue weighted by Gasteiger charge is -2.16. The molecule has 8 nitrogen and oxygen atoms in total. The van der Waals surface area contributed by atoms with E-state index in [9.17, 15) is 19.2 Å². The first-order chi connectivity index (χ1) is 14.0. The van der Waals surface area contributed by atoms with Crippen LogP contribution >= 0.6 is 0 Å². The van der Waals surface area contributed by atoms with Crippen LogP contribution in [0.3, 0.4) is 0 Å². The molecule has 1 saturated heterocycles. The van der Waals surface area contributed by atoms with Crippen LogP contribution in [0.5, 0.6) is 0 Å². The van der Waals surface area contributed by atoms with Gasteiger partial charge >= 0.3 is 5.97 Å². The van der Waals surface area contributed by atoms with Crippen LogP contribution in [0.1, 0.15) is 38.1 Å². The molecular formula is C21H21N3O5. The summed E-state index contributed by atoms with van der Waals surface area (Å²) in [4.78, 5) is 57.4. The van der Waals surface area contributed by atoms with Gasteiger partial charge in [0.25, 0.3) is 5.56 Å². The first-order valence-corrected chi connectivity index (χ1v) is 9.64. The van der Waals surface area contributed by atoms with E-state index < -0.39 is 12.1 Å². The number of allylic oxidation sites excluding steroid dienone is 2. The fourth-order valence-electron chi connectivity index (χ4n) is 3.90. The Morgan fingerprint density at radius 3 is 2.52 bits per heavy atom. The van der Waals surface area contributed by atoms with E-state index in [1.807, 2.05) is 12.2 Å². The number of hydrogen-bond acceptors (Lipinski definition) is 6. The molecule has 0 saturated carbocycles. The van der Waals surface area contributed by atoms with Gasteiger partial charge in [0.05, 0.1) is 29.2 Å². The molecule has 2 heterocycles. The van der Waals surface area contributed by atoms with Crippen molar-refractivity contribution in [1.29, 1.82) is 0 Å². The smallest absolute Gasteiger partial charge is 0.308 e. The number of nitrogens with zero attached hydrogens (tertiary/aromatic N) is 2. The van der Waals surface area contributed by atoms with Crippen molar-refractivity contribution < 1.29 is 19.1 Å². The van der Waals surface area contributed by atoms with Gasteiger partial charge in [0, 0.05) is 6.54 Å². The van der Waals surface area contributed by atoms with Crippen LogP contribution in [0.4, 0.5) is 0 Å². The number of fused-ring (bicyclic) bond motifs is 2. The van der Waals surface area contributed by atoms with Crippen LogP contribution in [0.2, 0.25) is 0 Å². The average molecular weight is 395 g/mol. The summed E-state index contributed by atoms with van der Waals surface area (Å²) in [6.07, 6.45) is 4.10. The maximum atomic E-state index is 12.4. The summed E-state index contributed by atoms with van der Waals surface area (Å²) in [5, 5.41) is 0.455. The second-order valence-corrected chi connectivity index (χ2v) is 7.33. The molecule has 29 heavy (non-hydrogen) atoms. The Labute approximate surface area is 166 Å². The number of benzene rings is 1. The Balaban J connectivity index is 1.38. The van der Waals surface area contributed by atoms with Gasteiger partial charge in [-0.3, -0.25) is 24.1 Å². The number of imide groups is 1. The number of carbonyl (C=O) groups is 3. The number of H-pyrrole nitrogens is 1. The van der Waals surface area contributed by atoms with E-state index in [1.165, 1.54) is 4.90 Å². The molecule has 1 N–H and O–H groups in total. The van der Waals surface area contributed by atoms with Crippen molar-refractivity contribution >= 4 is 28.7 Å². The number of esters is 1. The molecule has 3 unspecified atom stereocenters. The molecule has 2 aliphatic rings. The highest BCUT2D eigenvalue weighted by atomic mass is 16.5. The van der Waals surface area contributed by atoms with Crippen LogP contribution in [0.15, 0.2) is 41.2 Å². The van der Waals surface area contributed by atoms with E-state index in [0.29, 0.717) is 23.7 Å². The summed E-state index contributed by atoms with van der Waals surface area (Å²) in [5.74, 6) is -1.38. The largest absolute Gasteiger partial charge is 0.454 e. The molecule has 4 rings (SSSR count). The third kappa shape index (κ3) is 3.57. The van der Waals surface area contributed by atoms with Gasteiger partial charge in [0.2, 0.25) is 11.8 Å². The van der Waals surface area contributed by atoms with Crippen LogP contribution in [0, 0.1) is 11.8 Å². The van der Waals surface area contributed by atoms with Gasteiger partial charge in [-0.25, -0.2) is 4.98 Å². The Morgan fingerprint density at radius 2 is 1.83 bits per heavy atom. The molecular weight excluding hydrogens is 374 g/mol. The lowest BCUT2D eigenvalue weighted by atomic mass is 9.85. The van der Waals surface area contributed by atoms with Gasteiger partial charge in [-0.1, -0.05) is 24.3 Å². The van der Waals surface area contributed by atoms with E-state index >= 15 is 0 Å². The highest BCUT2D eigenvalue weighted by Crippen LogP contribution is 2.35. The number of likely N-dealkylation sites (tertiary alicyclic amines) is 1. The summed E-state index contributed by atoms with van der Waals surface area (Å²) < 4.78 is 5.36. The van der Waals surface area contributed by atoms with Crippen LogP contribution < -0.4 is 5.56 Å². The highest BCUT2D eigenvalue weighted by molar-refractivity contribution is 6.05. The minimum atomic E-state index is -0.767. The number of aromatic nitrogens is 2. The summed E-state index contributed by atoms with van der Waals surface area (Å²) in [6.45, 7) is 1.61. The van der Waals surface area contributed by atoms with E-state index in [4.69, 9.17) is 4.74 Å². The summed E-state index contributed by atoms with van der Waals surface area (Å²) in [5.41, 5.74) is 0.205. The lowest BCUT2D eigenvalue weighted by Crippen LogP contribution is -2.33. The normalized spacial score (nSPS) is 22.0. The van der Waals surface area contributed by atoms with Crippen LogP contribution in [-0.2, 0) is 19.1 Å². The second-order valence-electron chi connectivity index (χ2n) is 7.33. The molecule has 150 valence electrons. The minimum Gasteiger partial charge on any atom is -0.454 e. The van der Waals surface area contributed by atoms with E-state index in [0.717, 1.165) is 0 Å². The number of aromatic amines is 1. The number of hydrogen-bond donors (Lipinski definition) is 1. The molecule has 3 atom stereocenters. The SMILES string of the molecule is CC(OC(=O)CCN1C(=O)C2CC=CCC2C1=O)c1nc2ccccc2c(=O)[nH]1. The summed E-state index contributed by atoms with van der Waals surface area (Å²) in [6, 6.07) is 6.89. The average Bonchev–Trinajstić information content (AvgIpc) is 2.97. The van der Waals surface area contributed by atoms with Gasteiger partial charge < -0.3 is 9.72 Å². The number of ether oxygens (including phenoxy) is 1. The topological polar surface area (TPSA) is 109 Å². The zero-order valence-corrected chi connectivity index (χ0v) is 16.0. The van der Waals surface area contributed by atoms with Crippen LogP contribution in [-0.4, -0.2) is 39.2 Å². The van der Waals surface area contributed by atoms with Gasteiger partial charge in [0.15, 0.2) is 11.9 Å². The minimum absolute atomic E-state index is 0.00209. The Bertz CT molecular complexity index is 1050. The molecule has 8 heteroatoms. The number of para-hydroxylation sites is 1. The number of carbonyl (C=O) groups excluding carboxylic acids is 3. The fourth-order valence-corrected chi connectivity index (χ4v) is 3.90. The van der Waals surface area contributed by atoms with Crippen molar-refractivity contribution in [2.75, 3.05) is 6.54 Å². The molecule has 1 fully saturated rings. The first-order valence-electron chi connectivity index (χ1n) is 9.64.